The molecule has 98 valence electrons. The number of hydrogen-bond acceptors (Lipinski definition) is 2. The lowest BCUT2D eigenvalue weighted by Crippen LogP contribution is -2.22. The third kappa shape index (κ3) is 3.66. The minimum absolute atomic E-state index is 0.0377. The third-order valence-corrected chi connectivity index (χ3v) is 2.97. The molecule has 0 saturated heterocycles. The molecule has 0 atom stereocenters. The van der Waals surface area contributed by atoms with Gasteiger partial charge >= 0.3 is 0 Å². The maximum atomic E-state index is 11.9. The number of carbonyl (C=O) groups excluding carboxylic acids is 1. The first kappa shape index (κ1) is 13.3. The second-order valence-corrected chi connectivity index (χ2v) is 4.52. The summed E-state index contributed by atoms with van der Waals surface area (Å²) in [6, 6.07) is 15.0. The van der Waals surface area contributed by atoms with Crippen molar-refractivity contribution >= 4 is 5.91 Å². The van der Waals surface area contributed by atoms with E-state index in [0.29, 0.717) is 12.1 Å². The molecule has 0 spiro atoms. The van der Waals surface area contributed by atoms with Gasteiger partial charge in [-0.15, -0.1) is 0 Å². The normalized spacial score (nSPS) is 10.2. The number of benzene rings is 2. The van der Waals surface area contributed by atoms with Gasteiger partial charge in [0.15, 0.2) is 0 Å². The summed E-state index contributed by atoms with van der Waals surface area (Å²) in [6.07, 6.45) is 0. The summed E-state index contributed by atoms with van der Waals surface area (Å²) in [6.45, 7) is 2.51. The van der Waals surface area contributed by atoms with Gasteiger partial charge in [-0.1, -0.05) is 42.0 Å². The molecule has 1 amide bonds. The van der Waals surface area contributed by atoms with Gasteiger partial charge in [0.05, 0.1) is 6.61 Å². The summed E-state index contributed by atoms with van der Waals surface area (Å²) >= 11 is 0. The molecule has 2 aromatic rings. The Kier molecular flexibility index (Phi) is 4.31. The first-order chi connectivity index (χ1) is 9.19. The smallest absolute Gasteiger partial charge is 0.251 e. The maximum absolute atomic E-state index is 11.9. The summed E-state index contributed by atoms with van der Waals surface area (Å²) in [5, 5.41) is 11.8. The second kappa shape index (κ2) is 6.16. The number of carbonyl (C=O) groups is 1. The van der Waals surface area contributed by atoms with Crippen LogP contribution >= 0.6 is 0 Å². The van der Waals surface area contributed by atoms with E-state index in [1.165, 1.54) is 0 Å². The fraction of sp³-hybridized carbons (Fsp3) is 0.188. The Hall–Kier alpha value is -2.13. The lowest BCUT2D eigenvalue weighted by molar-refractivity contribution is 0.0951. The van der Waals surface area contributed by atoms with Crippen LogP contribution in [0.5, 0.6) is 0 Å². The quantitative estimate of drug-likeness (QED) is 0.881. The zero-order chi connectivity index (χ0) is 13.7. The van der Waals surface area contributed by atoms with Gasteiger partial charge in [-0.05, 0) is 30.2 Å². The maximum Gasteiger partial charge on any atom is 0.251 e. The minimum Gasteiger partial charge on any atom is -0.392 e. The van der Waals surface area contributed by atoms with Crippen molar-refractivity contribution in [3.05, 3.63) is 70.8 Å². The summed E-state index contributed by atoms with van der Waals surface area (Å²) < 4.78 is 0. The van der Waals surface area contributed by atoms with E-state index in [1.807, 2.05) is 55.5 Å². The Morgan fingerprint density at radius 3 is 2.16 bits per heavy atom. The van der Waals surface area contributed by atoms with Crippen molar-refractivity contribution in [3.8, 4) is 0 Å². The molecular weight excluding hydrogens is 238 g/mol. The van der Waals surface area contributed by atoms with Crippen LogP contribution in [0, 0.1) is 6.92 Å². The summed E-state index contributed by atoms with van der Waals surface area (Å²) in [4.78, 5) is 11.9. The van der Waals surface area contributed by atoms with Crippen molar-refractivity contribution in [2.45, 2.75) is 20.1 Å². The highest BCUT2D eigenvalue weighted by molar-refractivity contribution is 5.94. The van der Waals surface area contributed by atoms with E-state index in [4.69, 9.17) is 5.11 Å². The van der Waals surface area contributed by atoms with E-state index in [1.54, 1.807) is 0 Å². The summed E-state index contributed by atoms with van der Waals surface area (Å²) in [5.41, 5.74) is 3.68. The standard InChI is InChI=1S/C16H17NO2/c1-12-2-8-15(9-3-12)16(19)17-10-13-4-6-14(11-18)7-5-13/h2-9,18H,10-11H2,1H3,(H,17,19). The Labute approximate surface area is 112 Å². The van der Waals surface area contributed by atoms with E-state index >= 15 is 0 Å². The molecular formula is C16H17NO2. The Morgan fingerprint density at radius 2 is 1.58 bits per heavy atom. The zero-order valence-corrected chi connectivity index (χ0v) is 10.9. The van der Waals surface area contributed by atoms with E-state index in [-0.39, 0.29) is 12.5 Å². The number of hydrogen-bond donors (Lipinski definition) is 2. The van der Waals surface area contributed by atoms with E-state index in [9.17, 15) is 4.79 Å². The van der Waals surface area contributed by atoms with Crippen LogP contribution in [0.3, 0.4) is 0 Å². The fourth-order valence-electron chi connectivity index (χ4n) is 1.75. The molecule has 3 heteroatoms. The lowest BCUT2D eigenvalue weighted by atomic mass is 10.1. The fourth-order valence-corrected chi connectivity index (χ4v) is 1.75. The Bertz CT molecular complexity index is 544. The predicted octanol–water partition coefficient (Wildman–Crippen LogP) is 2.42. The molecule has 0 radical (unpaired) electrons. The molecule has 0 unspecified atom stereocenters. The highest BCUT2D eigenvalue weighted by atomic mass is 16.3. The molecule has 0 saturated carbocycles. The van der Waals surface area contributed by atoms with Crippen LogP contribution in [0.1, 0.15) is 27.0 Å². The van der Waals surface area contributed by atoms with Crippen LogP contribution in [0.2, 0.25) is 0 Å². The van der Waals surface area contributed by atoms with Crippen LogP contribution in [-0.2, 0) is 13.2 Å². The third-order valence-electron chi connectivity index (χ3n) is 2.97. The van der Waals surface area contributed by atoms with Crippen LogP contribution in [0.4, 0.5) is 0 Å². The van der Waals surface area contributed by atoms with Gasteiger partial charge in [0, 0.05) is 12.1 Å². The number of aliphatic hydroxyl groups is 1. The molecule has 2 rings (SSSR count). The van der Waals surface area contributed by atoms with Crippen molar-refractivity contribution in [3.63, 3.8) is 0 Å². The highest BCUT2D eigenvalue weighted by Gasteiger charge is 2.04. The molecule has 0 bridgehead atoms. The molecule has 0 aliphatic rings. The average Bonchev–Trinajstić information content (AvgIpc) is 2.46. The molecule has 2 N–H and O–H groups in total. The van der Waals surface area contributed by atoms with Gasteiger partial charge in [-0.3, -0.25) is 4.79 Å². The van der Waals surface area contributed by atoms with Crippen LogP contribution in [0.15, 0.2) is 48.5 Å². The van der Waals surface area contributed by atoms with Crippen LogP contribution in [-0.4, -0.2) is 11.0 Å². The van der Waals surface area contributed by atoms with Crippen LogP contribution < -0.4 is 5.32 Å². The van der Waals surface area contributed by atoms with Gasteiger partial charge in [-0.25, -0.2) is 0 Å². The highest BCUT2D eigenvalue weighted by Crippen LogP contribution is 2.06. The van der Waals surface area contributed by atoms with Crippen molar-refractivity contribution < 1.29 is 9.90 Å². The second-order valence-electron chi connectivity index (χ2n) is 4.52. The van der Waals surface area contributed by atoms with Crippen molar-refractivity contribution in [2.24, 2.45) is 0 Å². The first-order valence-corrected chi connectivity index (χ1v) is 6.22. The molecule has 0 fully saturated rings. The number of aryl methyl sites for hydroxylation is 1. The molecule has 2 aromatic carbocycles. The average molecular weight is 255 g/mol. The molecule has 0 aromatic heterocycles. The van der Waals surface area contributed by atoms with Gasteiger partial charge in [0.2, 0.25) is 0 Å². The van der Waals surface area contributed by atoms with Crippen molar-refractivity contribution in [2.75, 3.05) is 0 Å². The number of rotatable bonds is 4. The molecule has 19 heavy (non-hydrogen) atoms. The number of nitrogens with one attached hydrogen (secondary N) is 1. The summed E-state index contributed by atoms with van der Waals surface area (Å²) in [7, 11) is 0. The lowest BCUT2D eigenvalue weighted by Gasteiger charge is -2.06. The SMILES string of the molecule is Cc1ccc(C(=O)NCc2ccc(CO)cc2)cc1. The first-order valence-electron chi connectivity index (χ1n) is 6.22. The Balaban J connectivity index is 1.94. The minimum atomic E-state index is -0.0776. The molecule has 0 aliphatic heterocycles. The molecule has 0 aliphatic carbocycles. The number of amides is 1. The summed E-state index contributed by atoms with van der Waals surface area (Å²) in [5.74, 6) is -0.0776. The van der Waals surface area contributed by atoms with Gasteiger partial charge < -0.3 is 10.4 Å². The van der Waals surface area contributed by atoms with Crippen molar-refractivity contribution in [1.82, 2.24) is 5.32 Å². The van der Waals surface area contributed by atoms with E-state index in [0.717, 1.165) is 16.7 Å². The number of aliphatic hydroxyl groups excluding tert-OH is 1. The van der Waals surface area contributed by atoms with Crippen LogP contribution in [0.25, 0.3) is 0 Å². The zero-order valence-electron chi connectivity index (χ0n) is 10.9. The monoisotopic (exact) mass is 255 g/mol. The molecule has 0 heterocycles. The molecule has 3 nitrogen and oxygen atoms in total. The van der Waals surface area contributed by atoms with Gasteiger partial charge in [0.25, 0.3) is 5.91 Å². The van der Waals surface area contributed by atoms with E-state index < -0.39 is 0 Å². The topological polar surface area (TPSA) is 49.3 Å². The van der Waals surface area contributed by atoms with Gasteiger partial charge in [-0.2, -0.15) is 0 Å². The Morgan fingerprint density at radius 1 is 1.00 bits per heavy atom. The van der Waals surface area contributed by atoms with Crippen molar-refractivity contribution in [1.29, 1.82) is 0 Å². The predicted molar refractivity (Wildman–Crippen MR) is 74.7 cm³/mol. The van der Waals surface area contributed by atoms with E-state index in [2.05, 4.69) is 5.32 Å². The largest absolute Gasteiger partial charge is 0.392 e. The van der Waals surface area contributed by atoms with Gasteiger partial charge in [0.1, 0.15) is 0 Å².